The second kappa shape index (κ2) is 5.13. The van der Waals surface area contributed by atoms with E-state index in [-0.39, 0.29) is 10.6 Å². The Morgan fingerprint density at radius 1 is 1.44 bits per heavy atom. The molecule has 18 heavy (non-hydrogen) atoms. The van der Waals surface area contributed by atoms with Crippen LogP contribution in [-0.4, -0.2) is 28.2 Å². The molecule has 1 fully saturated rings. The van der Waals surface area contributed by atoms with Gasteiger partial charge < -0.3 is 15.2 Å². The number of hydrogen-bond acceptors (Lipinski definition) is 5. The van der Waals surface area contributed by atoms with Crippen molar-refractivity contribution in [2.75, 3.05) is 25.6 Å². The molecule has 1 aliphatic heterocycles. The molecule has 1 unspecified atom stereocenters. The standard InChI is InChI=1S/C11H16N2O4S/c12-11-9(17-7-8-4-5-16-6-8)2-1-3-10(11)18(13,14)15/h1-3,8H,4-7,12H2,(H2,13,14,15). The molecule has 0 spiro atoms. The van der Waals surface area contributed by atoms with Crippen molar-refractivity contribution in [1.82, 2.24) is 0 Å². The Morgan fingerprint density at radius 3 is 2.83 bits per heavy atom. The molecule has 0 radical (unpaired) electrons. The van der Waals surface area contributed by atoms with Gasteiger partial charge in [-0.3, -0.25) is 0 Å². The highest BCUT2D eigenvalue weighted by molar-refractivity contribution is 7.89. The highest BCUT2D eigenvalue weighted by Crippen LogP contribution is 2.28. The van der Waals surface area contributed by atoms with Crippen LogP contribution in [0, 0.1) is 5.92 Å². The summed E-state index contributed by atoms with van der Waals surface area (Å²) < 4.78 is 33.3. The Labute approximate surface area is 106 Å². The van der Waals surface area contributed by atoms with Gasteiger partial charge >= 0.3 is 0 Å². The molecule has 0 bridgehead atoms. The maximum Gasteiger partial charge on any atom is 0.240 e. The third-order valence-corrected chi connectivity index (χ3v) is 3.80. The fourth-order valence-corrected chi connectivity index (χ4v) is 2.50. The van der Waals surface area contributed by atoms with Crippen molar-refractivity contribution < 1.29 is 17.9 Å². The third kappa shape index (κ3) is 2.92. The molecule has 0 amide bonds. The highest BCUT2D eigenvalue weighted by atomic mass is 32.2. The van der Waals surface area contributed by atoms with Crippen LogP contribution in [0.2, 0.25) is 0 Å². The zero-order chi connectivity index (χ0) is 13.2. The Hall–Kier alpha value is -1.31. The van der Waals surface area contributed by atoms with Gasteiger partial charge in [-0.1, -0.05) is 6.07 Å². The normalized spacial score (nSPS) is 19.9. The lowest BCUT2D eigenvalue weighted by atomic mass is 10.1. The molecule has 1 atom stereocenters. The van der Waals surface area contributed by atoms with E-state index in [1.165, 1.54) is 6.07 Å². The number of benzene rings is 1. The zero-order valence-electron chi connectivity index (χ0n) is 9.83. The van der Waals surface area contributed by atoms with Gasteiger partial charge in [0.2, 0.25) is 10.0 Å². The van der Waals surface area contributed by atoms with Crippen molar-refractivity contribution in [3.63, 3.8) is 0 Å². The minimum absolute atomic E-state index is 0.0546. The molecule has 1 saturated heterocycles. The van der Waals surface area contributed by atoms with Crippen molar-refractivity contribution >= 4 is 15.7 Å². The van der Waals surface area contributed by atoms with Crippen molar-refractivity contribution in [2.24, 2.45) is 11.1 Å². The molecule has 1 aromatic carbocycles. The summed E-state index contributed by atoms with van der Waals surface area (Å²) in [7, 11) is -3.82. The summed E-state index contributed by atoms with van der Waals surface area (Å²) in [6.45, 7) is 1.85. The van der Waals surface area contributed by atoms with Crippen molar-refractivity contribution in [1.29, 1.82) is 0 Å². The van der Waals surface area contributed by atoms with Crippen LogP contribution in [0.4, 0.5) is 5.69 Å². The van der Waals surface area contributed by atoms with Crippen molar-refractivity contribution in [3.8, 4) is 5.75 Å². The Balaban J connectivity index is 2.13. The monoisotopic (exact) mass is 272 g/mol. The van der Waals surface area contributed by atoms with E-state index in [4.69, 9.17) is 20.3 Å². The van der Waals surface area contributed by atoms with Gasteiger partial charge in [-0.15, -0.1) is 0 Å². The predicted molar refractivity (Wildman–Crippen MR) is 66.6 cm³/mol. The Kier molecular flexibility index (Phi) is 3.74. The number of rotatable bonds is 4. The van der Waals surface area contributed by atoms with Crippen LogP contribution in [0.5, 0.6) is 5.75 Å². The topological polar surface area (TPSA) is 105 Å². The summed E-state index contributed by atoms with van der Waals surface area (Å²) in [4.78, 5) is -0.109. The first-order chi connectivity index (χ1) is 8.48. The van der Waals surface area contributed by atoms with Crippen LogP contribution in [0.3, 0.4) is 0 Å². The minimum atomic E-state index is -3.82. The first-order valence-electron chi connectivity index (χ1n) is 5.60. The van der Waals surface area contributed by atoms with Crippen molar-refractivity contribution in [3.05, 3.63) is 18.2 Å². The molecular weight excluding hydrogens is 256 g/mol. The summed E-state index contributed by atoms with van der Waals surface area (Å²) >= 11 is 0. The molecule has 4 N–H and O–H groups in total. The molecule has 1 aliphatic rings. The Morgan fingerprint density at radius 2 is 2.22 bits per heavy atom. The molecule has 1 aromatic rings. The number of nitrogen functional groups attached to an aromatic ring is 1. The molecule has 7 heteroatoms. The summed E-state index contributed by atoms with van der Waals surface area (Å²) in [6.07, 6.45) is 0.939. The summed E-state index contributed by atoms with van der Waals surface area (Å²) in [6, 6.07) is 4.53. The quantitative estimate of drug-likeness (QED) is 0.769. The van der Waals surface area contributed by atoms with Crippen LogP contribution in [0.25, 0.3) is 0 Å². The van der Waals surface area contributed by atoms with E-state index in [0.29, 0.717) is 24.9 Å². The third-order valence-electron chi connectivity index (χ3n) is 2.83. The molecule has 100 valence electrons. The number of para-hydroxylation sites is 1. The van der Waals surface area contributed by atoms with Crippen LogP contribution < -0.4 is 15.6 Å². The summed E-state index contributed by atoms with van der Waals surface area (Å²) in [5, 5.41) is 5.06. The summed E-state index contributed by atoms with van der Waals surface area (Å²) in [5.74, 6) is 0.663. The van der Waals surface area contributed by atoms with Crippen molar-refractivity contribution in [2.45, 2.75) is 11.3 Å². The number of nitrogens with two attached hydrogens (primary N) is 2. The number of primary sulfonamides is 1. The highest BCUT2D eigenvalue weighted by Gasteiger charge is 2.19. The largest absolute Gasteiger partial charge is 0.491 e. The lowest BCUT2D eigenvalue weighted by Gasteiger charge is -2.13. The molecule has 6 nitrogen and oxygen atoms in total. The number of sulfonamides is 1. The van der Waals surface area contributed by atoms with E-state index in [9.17, 15) is 8.42 Å². The van der Waals surface area contributed by atoms with Crippen LogP contribution in [0.15, 0.2) is 23.1 Å². The van der Waals surface area contributed by atoms with Gasteiger partial charge in [-0.05, 0) is 18.6 Å². The predicted octanol–water partition coefficient (Wildman–Crippen LogP) is 0.332. The lowest BCUT2D eigenvalue weighted by molar-refractivity contribution is 0.167. The molecular formula is C11H16N2O4S. The van der Waals surface area contributed by atoms with E-state index in [1.54, 1.807) is 12.1 Å². The summed E-state index contributed by atoms with van der Waals surface area (Å²) in [5.41, 5.74) is 5.79. The number of ether oxygens (including phenoxy) is 2. The SMILES string of the molecule is Nc1c(OCC2CCOC2)cccc1S(N)(=O)=O. The minimum Gasteiger partial charge on any atom is -0.491 e. The zero-order valence-corrected chi connectivity index (χ0v) is 10.7. The van der Waals surface area contributed by atoms with Gasteiger partial charge in [0.15, 0.2) is 0 Å². The van der Waals surface area contributed by atoms with E-state index < -0.39 is 10.0 Å². The Bertz CT molecular complexity index is 524. The van der Waals surface area contributed by atoms with Crippen LogP contribution in [0.1, 0.15) is 6.42 Å². The first-order valence-corrected chi connectivity index (χ1v) is 7.15. The smallest absolute Gasteiger partial charge is 0.240 e. The fraction of sp³-hybridized carbons (Fsp3) is 0.455. The number of hydrogen-bond donors (Lipinski definition) is 2. The van der Waals surface area contributed by atoms with Gasteiger partial charge in [0.25, 0.3) is 0 Å². The van der Waals surface area contributed by atoms with Gasteiger partial charge in [-0.2, -0.15) is 0 Å². The first kappa shape index (κ1) is 13.1. The second-order valence-corrected chi connectivity index (χ2v) is 5.78. The van der Waals surface area contributed by atoms with Gasteiger partial charge in [0.1, 0.15) is 10.6 Å². The van der Waals surface area contributed by atoms with E-state index >= 15 is 0 Å². The maximum absolute atomic E-state index is 11.3. The lowest BCUT2D eigenvalue weighted by Crippen LogP contribution is -2.16. The molecule has 0 aliphatic carbocycles. The molecule has 1 heterocycles. The molecule has 0 aromatic heterocycles. The van der Waals surface area contributed by atoms with Gasteiger partial charge in [0.05, 0.1) is 18.9 Å². The fourth-order valence-electron chi connectivity index (χ4n) is 1.82. The average molecular weight is 272 g/mol. The number of anilines is 1. The van der Waals surface area contributed by atoms with Crippen LogP contribution >= 0.6 is 0 Å². The van der Waals surface area contributed by atoms with Crippen LogP contribution in [-0.2, 0) is 14.8 Å². The van der Waals surface area contributed by atoms with E-state index in [1.807, 2.05) is 0 Å². The van der Waals surface area contributed by atoms with Gasteiger partial charge in [-0.25, -0.2) is 13.6 Å². The van der Waals surface area contributed by atoms with E-state index in [0.717, 1.165) is 13.0 Å². The van der Waals surface area contributed by atoms with Gasteiger partial charge in [0, 0.05) is 12.5 Å². The average Bonchev–Trinajstić information content (AvgIpc) is 2.79. The maximum atomic E-state index is 11.3. The van der Waals surface area contributed by atoms with E-state index in [2.05, 4.69) is 0 Å². The second-order valence-electron chi connectivity index (χ2n) is 4.25. The molecule has 2 rings (SSSR count). The molecule has 0 saturated carbocycles.